The highest BCUT2D eigenvalue weighted by Crippen LogP contribution is 2.24. The molecule has 0 amide bonds. The van der Waals surface area contributed by atoms with Crippen molar-refractivity contribution in [2.24, 2.45) is 0 Å². The standard InChI is InChI=1S/C15H25NO3S/c1-15(2,3)12-6-8-14(9-7-12)20(5,19)16(4)10-13(18)11-17/h6-9,13,17-18H,5,10-11H2,1-4H3. The second kappa shape index (κ2) is 6.26. The van der Waals surface area contributed by atoms with Crippen molar-refractivity contribution < 1.29 is 14.4 Å². The summed E-state index contributed by atoms with van der Waals surface area (Å²) in [6.07, 6.45) is -0.920. The maximum atomic E-state index is 12.7. The zero-order chi connectivity index (χ0) is 15.6. The molecule has 0 aliphatic carbocycles. The van der Waals surface area contributed by atoms with Gasteiger partial charge in [-0.05, 0) is 36.0 Å². The van der Waals surface area contributed by atoms with Crippen molar-refractivity contribution in [3.8, 4) is 0 Å². The van der Waals surface area contributed by atoms with Gasteiger partial charge in [-0.2, -0.15) is 0 Å². The number of hydrogen-bond donors (Lipinski definition) is 2. The average molecular weight is 299 g/mol. The molecule has 0 spiro atoms. The van der Waals surface area contributed by atoms with E-state index in [-0.39, 0.29) is 18.6 Å². The maximum Gasteiger partial charge on any atom is 0.0907 e. The zero-order valence-corrected chi connectivity index (χ0v) is 13.5. The zero-order valence-electron chi connectivity index (χ0n) is 12.7. The lowest BCUT2D eigenvalue weighted by atomic mass is 9.87. The molecule has 0 heterocycles. The molecule has 20 heavy (non-hydrogen) atoms. The number of rotatable bonds is 5. The van der Waals surface area contributed by atoms with Crippen LogP contribution >= 0.6 is 0 Å². The quantitative estimate of drug-likeness (QED) is 0.805. The van der Waals surface area contributed by atoms with Gasteiger partial charge in [0.05, 0.1) is 22.4 Å². The lowest BCUT2D eigenvalue weighted by Gasteiger charge is -2.25. The normalized spacial score (nSPS) is 16.9. The molecular formula is C15H25NO3S. The van der Waals surface area contributed by atoms with Gasteiger partial charge >= 0.3 is 0 Å². The van der Waals surface area contributed by atoms with Crippen molar-refractivity contribution in [1.82, 2.24) is 4.31 Å². The van der Waals surface area contributed by atoms with E-state index in [1.54, 1.807) is 7.05 Å². The Morgan fingerprint density at radius 2 is 1.80 bits per heavy atom. The number of aliphatic hydroxyl groups excluding tert-OH is 2. The minimum absolute atomic E-state index is 0.0412. The summed E-state index contributed by atoms with van der Waals surface area (Å²) in [4.78, 5) is 0.623. The van der Waals surface area contributed by atoms with Crippen LogP contribution in [0.3, 0.4) is 0 Å². The van der Waals surface area contributed by atoms with Gasteiger partial charge < -0.3 is 10.2 Å². The molecular weight excluding hydrogens is 274 g/mol. The molecule has 114 valence electrons. The van der Waals surface area contributed by atoms with Gasteiger partial charge in [-0.3, -0.25) is 0 Å². The summed E-state index contributed by atoms with van der Waals surface area (Å²) in [5.74, 6) is 3.78. The Morgan fingerprint density at radius 1 is 1.30 bits per heavy atom. The number of likely N-dealkylation sites (N-methyl/N-ethyl adjacent to an activating group) is 1. The van der Waals surface area contributed by atoms with Gasteiger partial charge in [0.15, 0.2) is 0 Å². The van der Waals surface area contributed by atoms with E-state index in [2.05, 4.69) is 26.6 Å². The molecule has 4 nitrogen and oxygen atoms in total. The Kier molecular flexibility index (Phi) is 5.38. The molecule has 2 unspecified atom stereocenters. The fourth-order valence-electron chi connectivity index (χ4n) is 1.82. The van der Waals surface area contributed by atoms with E-state index in [0.717, 1.165) is 5.56 Å². The van der Waals surface area contributed by atoms with Gasteiger partial charge in [-0.25, -0.2) is 8.51 Å². The summed E-state index contributed by atoms with van der Waals surface area (Å²) in [6.45, 7) is 6.11. The fourth-order valence-corrected chi connectivity index (χ4v) is 3.16. The third-order valence-electron chi connectivity index (χ3n) is 3.27. The van der Waals surface area contributed by atoms with Gasteiger partial charge in [0.1, 0.15) is 0 Å². The van der Waals surface area contributed by atoms with Gasteiger partial charge in [-0.1, -0.05) is 32.9 Å². The molecule has 0 radical (unpaired) electrons. The predicted octanol–water partition coefficient (Wildman–Crippen LogP) is 1.26. The van der Waals surface area contributed by atoms with Crippen molar-refractivity contribution in [2.45, 2.75) is 37.2 Å². The van der Waals surface area contributed by atoms with Crippen LogP contribution in [0.4, 0.5) is 0 Å². The average Bonchev–Trinajstić information content (AvgIpc) is 2.37. The third-order valence-corrected chi connectivity index (χ3v) is 5.44. The molecule has 0 saturated heterocycles. The topological polar surface area (TPSA) is 60.8 Å². The molecule has 1 aromatic carbocycles. The van der Waals surface area contributed by atoms with E-state index < -0.39 is 15.8 Å². The Labute approximate surface area is 122 Å². The summed E-state index contributed by atoms with van der Waals surface area (Å²) in [5.41, 5.74) is 1.20. The van der Waals surface area contributed by atoms with Crippen molar-refractivity contribution in [2.75, 3.05) is 20.2 Å². The van der Waals surface area contributed by atoms with E-state index >= 15 is 0 Å². The van der Waals surface area contributed by atoms with Crippen LogP contribution in [0.25, 0.3) is 0 Å². The molecule has 0 aliphatic rings. The number of nitrogens with zero attached hydrogens (tertiary/aromatic N) is 1. The fraction of sp³-hybridized carbons (Fsp3) is 0.533. The molecule has 2 atom stereocenters. The molecule has 1 aromatic rings. The van der Waals surface area contributed by atoms with Gasteiger partial charge in [0.2, 0.25) is 0 Å². The van der Waals surface area contributed by atoms with E-state index in [1.165, 1.54) is 4.31 Å². The Bertz CT molecular complexity index is 529. The van der Waals surface area contributed by atoms with E-state index in [9.17, 15) is 9.32 Å². The second-order valence-electron chi connectivity index (χ2n) is 6.06. The predicted molar refractivity (Wildman–Crippen MR) is 84.4 cm³/mol. The Balaban J connectivity index is 2.99. The molecule has 0 saturated carbocycles. The second-order valence-corrected chi connectivity index (χ2v) is 8.44. The molecule has 5 heteroatoms. The molecule has 1 rings (SSSR count). The van der Waals surface area contributed by atoms with Crippen LogP contribution in [0, 0.1) is 0 Å². The van der Waals surface area contributed by atoms with E-state index in [4.69, 9.17) is 5.11 Å². The van der Waals surface area contributed by atoms with Crippen LogP contribution in [-0.2, 0) is 15.1 Å². The van der Waals surface area contributed by atoms with E-state index in [1.807, 2.05) is 24.3 Å². The SMILES string of the molecule is C=S(=O)(c1ccc(C(C)(C)C)cc1)N(C)CC(O)CO. The number of hydrogen-bond acceptors (Lipinski definition) is 3. The molecule has 0 aromatic heterocycles. The number of benzene rings is 1. The van der Waals surface area contributed by atoms with Crippen LogP contribution in [0.1, 0.15) is 26.3 Å². The van der Waals surface area contributed by atoms with Crippen LogP contribution < -0.4 is 0 Å². The summed E-state index contributed by atoms with van der Waals surface area (Å²) in [5, 5.41) is 18.3. The molecule has 2 N–H and O–H groups in total. The first-order valence-electron chi connectivity index (χ1n) is 6.57. The van der Waals surface area contributed by atoms with E-state index in [0.29, 0.717) is 4.90 Å². The highest BCUT2D eigenvalue weighted by atomic mass is 32.2. The molecule has 0 fully saturated rings. The summed E-state index contributed by atoms with van der Waals surface area (Å²) < 4.78 is 14.2. The monoisotopic (exact) mass is 299 g/mol. The van der Waals surface area contributed by atoms with Gasteiger partial charge in [0, 0.05) is 11.4 Å². The highest BCUT2D eigenvalue weighted by molar-refractivity contribution is 7.98. The van der Waals surface area contributed by atoms with Crippen molar-refractivity contribution in [1.29, 1.82) is 0 Å². The first kappa shape index (κ1) is 17.2. The first-order valence-corrected chi connectivity index (χ1v) is 8.25. The van der Waals surface area contributed by atoms with Crippen LogP contribution in [-0.4, -0.2) is 50.9 Å². The summed E-state index contributed by atoms with van der Waals surface area (Å²) >= 11 is 0. The lowest BCUT2D eigenvalue weighted by molar-refractivity contribution is 0.0834. The van der Waals surface area contributed by atoms with Crippen molar-refractivity contribution in [3.63, 3.8) is 0 Å². The lowest BCUT2D eigenvalue weighted by Crippen LogP contribution is -2.35. The molecule has 0 aliphatic heterocycles. The summed E-state index contributed by atoms with van der Waals surface area (Å²) in [6, 6.07) is 7.54. The minimum atomic E-state index is -2.64. The molecule has 0 bridgehead atoms. The van der Waals surface area contributed by atoms with Crippen molar-refractivity contribution in [3.05, 3.63) is 29.8 Å². The third kappa shape index (κ3) is 4.06. The maximum absolute atomic E-state index is 12.7. The van der Waals surface area contributed by atoms with Gasteiger partial charge in [0.25, 0.3) is 0 Å². The minimum Gasteiger partial charge on any atom is -0.394 e. The smallest absolute Gasteiger partial charge is 0.0907 e. The van der Waals surface area contributed by atoms with Crippen LogP contribution in [0.2, 0.25) is 0 Å². The number of aliphatic hydroxyl groups is 2. The van der Waals surface area contributed by atoms with Crippen LogP contribution in [0.5, 0.6) is 0 Å². The first-order chi connectivity index (χ1) is 9.09. The largest absolute Gasteiger partial charge is 0.394 e. The highest BCUT2D eigenvalue weighted by Gasteiger charge is 2.19. The summed E-state index contributed by atoms with van der Waals surface area (Å²) in [7, 11) is -1.01. The Morgan fingerprint density at radius 3 is 2.20 bits per heavy atom. The van der Waals surface area contributed by atoms with Crippen molar-refractivity contribution >= 4 is 15.6 Å². The van der Waals surface area contributed by atoms with Gasteiger partial charge in [-0.15, -0.1) is 0 Å². The Hall–Kier alpha value is -0.880. The van der Waals surface area contributed by atoms with Crippen LogP contribution in [0.15, 0.2) is 29.2 Å².